The molecule has 0 radical (unpaired) electrons. The van der Waals surface area contributed by atoms with E-state index in [-0.39, 0.29) is 12.2 Å². The van der Waals surface area contributed by atoms with Crippen molar-refractivity contribution >= 4 is 10.0 Å². The highest BCUT2D eigenvalue weighted by molar-refractivity contribution is 6.18. The predicted octanol–water partition coefficient (Wildman–Crippen LogP) is 2.73. The van der Waals surface area contributed by atoms with Gasteiger partial charge in [-0.15, -0.1) is 0 Å². The molecule has 2 rings (SSSR count). The molecule has 2 aromatic rings. The van der Waals surface area contributed by atoms with Crippen LogP contribution in [-0.2, 0) is 8.85 Å². The molecule has 0 aromatic carbocycles. The van der Waals surface area contributed by atoms with E-state index in [1.165, 1.54) is 0 Å². The third-order valence-electron chi connectivity index (χ3n) is 2.52. The van der Waals surface area contributed by atoms with E-state index in [0.29, 0.717) is 0 Å². The fraction of sp³-hybridized carbons (Fsp3) is 0.333. The fourth-order valence-electron chi connectivity index (χ4n) is 1.45. The molecule has 0 saturated heterocycles. The summed E-state index contributed by atoms with van der Waals surface area (Å²) in [7, 11) is -1.05. The summed E-state index contributed by atoms with van der Waals surface area (Å²) in [5, 5.41) is 0. The molecule has 2 heterocycles. The van der Waals surface area contributed by atoms with Crippen LogP contribution in [0.3, 0.4) is 0 Å². The highest BCUT2D eigenvalue weighted by Gasteiger charge is 2.12. The number of furan rings is 2. The Bertz CT molecular complexity index is 369. The van der Waals surface area contributed by atoms with E-state index < -0.39 is 10.0 Å². The zero-order valence-electron chi connectivity index (χ0n) is 9.96. The number of rotatable bonds is 6. The largest absolute Gasteiger partial charge is 0.467 e. The van der Waals surface area contributed by atoms with Crippen LogP contribution in [0.15, 0.2) is 45.6 Å². The van der Waals surface area contributed by atoms with Gasteiger partial charge in [-0.25, -0.2) is 0 Å². The van der Waals surface area contributed by atoms with Crippen molar-refractivity contribution in [3.8, 4) is 0 Å². The Labute approximate surface area is 103 Å². The SMILES string of the molecule is CC(O[SiH2]OC(C)c1ccco1)c1ccco1. The minimum Gasteiger partial charge on any atom is -0.467 e. The lowest BCUT2D eigenvalue weighted by molar-refractivity contribution is 0.114. The highest BCUT2D eigenvalue weighted by Crippen LogP contribution is 2.19. The van der Waals surface area contributed by atoms with Crippen LogP contribution < -0.4 is 0 Å². The van der Waals surface area contributed by atoms with Gasteiger partial charge in [0.1, 0.15) is 23.7 Å². The Morgan fingerprint density at radius 2 is 1.41 bits per heavy atom. The Hall–Kier alpha value is -1.30. The number of hydrogen-bond donors (Lipinski definition) is 0. The topological polar surface area (TPSA) is 44.7 Å². The zero-order chi connectivity index (χ0) is 12.1. The van der Waals surface area contributed by atoms with Crippen LogP contribution in [0.5, 0.6) is 0 Å². The minimum atomic E-state index is -1.05. The molecule has 0 amide bonds. The highest BCUT2D eigenvalue weighted by atomic mass is 28.3. The van der Waals surface area contributed by atoms with Gasteiger partial charge in [-0.2, -0.15) is 0 Å². The van der Waals surface area contributed by atoms with Crippen molar-refractivity contribution in [2.45, 2.75) is 26.1 Å². The van der Waals surface area contributed by atoms with E-state index in [2.05, 4.69) is 0 Å². The summed E-state index contributed by atoms with van der Waals surface area (Å²) in [5.74, 6) is 1.65. The minimum absolute atomic E-state index is 0.0551. The fourth-order valence-corrected chi connectivity index (χ4v) is 2.27. The van der Waals surface area contributed by atoms with Gasteiger partial charge >= 0.3 is 10.0 Å². The second-order valence-electron chi connectivity index (χ2n) is 3.77. The average molecular weight is 252 g/mol. The van der Waals surface area contributed by atoms with Crippen LogP contribution in [0.2, 0.25) is 0 Å². The maximum atomic E-state index is 5.64. The van der Waals surface area contributed by atoms with Gasteiger partial charge in [0.2, 0.25) is 0 Å². The quantitative estimate of drug-likeness (QED) is 0.741. The van der Waals surface area contributed by atoms with Gasteiger partial charge in [0.05, 0.1) is 12.5 Å². The normalized spacial score (nSPS) is 15.4. The summed E-state index contributed by atoms with van der Waals surface area (Å²) in [4.78, 5) is 0. The molecule has 5 heteroatoms. The summed E-state index contributed by atoms with van der Waals surface area (Å²) in [6.45, 7) is 3.90. The van der Waals surface area contributed by atoms with Crippen LogP contribution in [-0.4, -0.2) is 10.0 Å². The van der Waals surface area contributed by atoms with E-state index in [0.717, 1.165) is 11.5 Å². The van der Waals surface area contributed by atoms with Crippen LogP contribution >= 0.6 is 0 Å². The molecule has 0 saturated carbocycles. The summed E-state index contributed by atoms with van der Waals surface area (Å²) in [6.07, 6.45) is 3.17. The van der Waals surface area contributed by atoms with Gasteiger partial charge in [-0.3, -0.25) is 0 Å². The molecular weight excluding hydrogens is 236 g/mol. The third-order valence-corrected chi connectivity index (χ3v) is 3.80. The van der Waals surface area contributed by atoms with E-state index in [9.17, 15) is 0 Å². The van der Waals surface area contributed by atoms with Crippen molar-refractivity contribution in [2.75, 3.05) is 0 Å². The summed E-state index contributed by atoms with van der Waals surface area (Å²) >= 11 is 0. The van der Waals surface area contributed by atoms with Crippen LogP contribution in [0, 0.1) is 0 Å². The second kappa shape index (κ2) is 5.86. The van der Waals surface area contributed by atoms with Crippen molar-refractivity contribution in [2.24, 2.45) is 0 Å². The molecule has 0 aliphatic carbocycles. The first-order valence-corrected chi connectivity index (χ1v) is 6.73. The van der Waals surface area contributed by atoms with Crippen molar-refractivity contribution in [1.82, 2.24) is 0 Å². The van der Waals surface area contributed by atoms with Gasteiger partial charge < -0.3 is 17.7 Å². The lowest BCUT2D eigenvalue weighted by atomic mass is 10.3. The van der Waals surface area contributed by atoms with Gasteiger partial charge in [0.25, 0.3) is 0 Å². The predicted molar refractivity (Wildman–Crippen MR) is 65.0 cm³/mol. The average Bonchev–Trinajstić information content (AvgIpc) is 3.02. The summed E-state index contributed by atoms with van der Waals surface area (Å²) in [5.41, 5.74) is 0. The maximum absolute atomic E-state index is 5.64. The van der Waals surface area contributed by atoms with Crippen LogP contribution in [0.25, 0.3) is 0 Å². The van der Waals surface area contributed by atoms with Gasteiger partial charge in [0, 0.05) is 0 Å². The second-order valence-corrected chi connectivity index (χ2v) is 4.67. The standard InChI is InChI=1S/C12H16O4Si/c1-9(11-5-3-7-13-11)15-17-16-10(2)12-6-4-8-14-12/h3-10H,17H2,1-2H3. The zero-order valence-corrected chi connectivity index (χ0v) is 11.4. The molecule has 2 unspecified atom stereocenters. The molecule has 92 valence electrons. The lowest BCUT2D eigenvalue weighted by Crippen LogP contribution is -2.10. The van der Waals surface area contributed by atoms with Gasteiger partial charge in [-0.1, -0.05) is 0 Å². The first-order chi connectivity index (χ1) is 8.27. The maximum Gasteiger partial charge on any atom is 0.305 e. The molecule has 2 aromatic heterocycles. The molecule has 4 nitrogen and oxygen atoms in total. The van der Waals surface area contributed by atoms with Crippen molar-refractivity contribution in [3.05, 3.63) is 48.3 Å². The van der Waals surface area contributed by atoms with Gasteiger partial charge in [0.15, 0.2) is 0 Å². The Balaban J connectivity index is 1.73. The lowest BCUT2D eigenvalue weighted by Gasteiger charge is -2.14. The molecule has 0 spiro atoms. The monoisotopic (exact) mass is 252 g/mol. The molecular formula is C12H16O4Si. The van der Waals surface area contributed by atoms with Crippen LogP contribution in [0.4, 0.5) is 0 Å². The molecule has 0 bridgehead atoms. The Morgan fingerprint density at radius 3 is 1.76 bits per heavy atom. The number of hydrogen-bond acceptors (Lipinski definition) is 4. The van der Waals surface area contributed by atoms with Crippen molar-refractivity contribution in [1.29, 1.82) is 0 Å². The summed E-state index contributed by atoms with van der Waals surface area (Å²) < 4.78 is 21.8. The smallest absolute Gasteiger partial charge is 0.305 e. The molecule has 0 fully saturated rings. The first-order valence-electron chi connectivity index (χ1n) is 5.57. The molecule has 2 atom stereocenters. The van der Waals surface area contributed by atoms with Crippen LogP contribution in [0.1, 0.15) is 37.6 Å². The van der Waals surface area contributed by atoms with E-state index in [1.54, 1.807) is 12.5 Å². The van der Waals surface area contributed by atoms with Crippen molar-refractivity contribution < 1.29 is 17.7 Å². The van der Waals surface area contributed by atoms with E-state index >= 15 is 0 Å². The Kier molecular flexibility index (Phi) is 4.19. The van der Waals surface area contributed by atoms with E-state index in [4.69, 9.17) is 17.7 Å². The summed E-state index contributed by atoms with van der Waals surface area (Å²) in [6, 6.07) is 7.50. The Morgan fingerprint density at radius 1 is 0.941 bits per heavy atom. The first kappa shape index (κ1) is 12.2. The van der Waals surface area contributed by atoms with E-state index in [1.807, 2.05) is 38.1 Å². The molecule has 17 heavy (non-hydrogen) atoms. The third kappa shape index (κ3) is 3.32. The van der Waals surface area contributed by atoms with Crippen molar-refractivity contribution in [3.63, 3.8) is 0 Å². The molecule has 0 aliphatic heterocycles. The molecule has 0 N–H and O–H groups in total. The van der Waals surface area contributed by atoms with Gasteiger partial charge in [-0.05, 0) is 38.1 Å². The molecule has 0 aliphatic rings.